The summed E-state index contributed by atoms with van der Waals surface area (Å²) < 4.78 is 18.9. The van der Waals surface area contributed by atoms with E-state index in [9.17, 15) is 4.79 Å². The van der Waals surface area contributed by atoms with Gasteiger partial charge >= 0.3 is 0 Å². The van der Waals surface area contributed by atoms with Crippen molar-refractivity contribution in [2.24, 2.45) is 11.3 Å². The van der Waals surface area contributed by atoms with Gasteiger partial charge in [-0.15, -0.1) is 23.5 Å². The Hall–Kier alpha value is 0.250. The molecule has 5 aliphatic rings. The number of carbonyl (C=O) groups excluding carboxylic acids is 1. The summed E-state index contributed by atoms with van der Waals surface area (Å²) in [7, 11) is 0. The van der Waals surface area contributed by atoms with E-state index in [4.69, 9.17) is 14.2 Å². The molecule has 4 nitrogen and oxygen atoms in total. The zero-order chi connectivity index (χ0) is 16.5. The molecular weight excluding hydrogens is 344 g/mol. The largest absolute Gasteiger partial charge is 0.368 e. The van der Waals surface area contributed by atoms with E-state index in [-0.39, 0.29) is 27.1 Å². The Kier molecular flexibility index (Phi) is 3.68. The molecule has 1 aliphatic carbocycles. The predicted octanol–water partition coefficient (Wildman–Crippen LogP) is 3.23. The van der Waals surface area contributed by atoms with Crippen molar-refractivity contribution < 1.29 is 19.0 Å². The van der Waals surface area contributed by atoms with E-state index in [1.165, 1.54) is 24.2 Å². The Bertz CT molecular complexity index is 543. The Morgan fingerprint density at radius 3 is 2.50 bits per heavy atom. The molecule has 134 valence electrons. The number of ether oxygens (including phenoxy) is 3. The van der Waals surface area contributed by atoms with Crippen LogP contribution in [0.3, 0.4) is 0 Å². The zero-order valence-corrected chi connectivity index (χ0v) is 15.9. The van der Waals surface area contributed by atoms with Gasteiger partial charge in [0.25, 0.3) is 0 Å². The molecule has 2 bridgehead atoms. The molecule has 0 aromatic carbocycles. The molecule has 2 spiro atoms. The van der Waals surface area contributed by atoms with E-state index in [1.807, 2.05) is 0 Å². The van der Waals surface area contributed by atoms with Gasteiger partial charge < -0.3 is 19.0 Å². The minimum absolute atomic E-state index is 0.129. The van der Waals surface area contributed by atoms with Gasteiger partial charge in [-0.05, 0) is 44.1 Å². The fourth-order valence-electron chi connectivity index (χ4n) is 5.88. The maximum absolute atomic E-state index is 12.4. The summed E-state index contributed by atoms with van der Waals surface area (Å²) in [6.07, 6.45) is 7.28. The first kappa shape index (κ1) is 16.4. The number of hydrogen-bond acceptors (Lipinski definition) is 6. The molecule has 24 heavy (non-hydrogen) atoms. The Balaban J connectivity index is 1.56. The average Bonchev–Trinajstić information content (AvgIpc) is 3.14. The number of aldehydes is 1. The summed E-state index contributed by atoms with van der Waals surface area (Å²) in [6.45, 7) is 3.55. The highest BCUT2D eigenvalue weighted by Crippen LogP contribution is 2.69. The van der Waals surface area contributed by atoms with Crippen molar-refractivity contribution in [2.45, 2.75) is 67.0 Å². The Morgan fingerprint density at radius 2 is 1.79 bits per heavy atom. The van der Waals surface area contributed by atoms with Crippen LogP contribution in [0.25, 0.3) is 0 Å². The topological polar surface area (TPSA) is 44.8 Å². The Labute approximate surface area is 152 Å². The number of hydrogen-bond donors (Lipinski definition) is 0. The molecular formula is C18H26O4S2. The first-order chi connectivity index (χ1) is 11.6. The van der Waals surface area contributed by atoms with Gasteiger partial charge in [-0.2, -0.15) is 0 Å². The van der Waals surface area contributed by atoms with Crippen molar-refractivity contribution in [3.63, 3.8) is 0 Å². The van der Waals surface area contributed by atoms with Crippen LogP contribution in [0.1, 0.15) is 45.4 Å². The van der Waals surface area contributed by atoms with Crippen LogP contribution < -0.4 is 0 Å². The third-order valence-electron chi connectivity index (χ3n) is 7.24. The standard InChI is InChI=1S/C18H26O4S2/c1-15-3-6-18(23-9-2-10-24-18)14(22-15)13-11-17(20-7-8-21-17)5-4-16(13,15)12-19/h12-14H,2-11H2,1H3/t13-,14+,15+,16+/m1/s1. The summed E-state index contributed by atoms with van der Waals surface area (Å²) in [5, 5.41) is 0. The molecule has 0 aromatic heterocycles. The maximum Gasteiger partial charge on any atom is 0.168 e. The van der Waals surface area contributed by atoms with Gasteiger partial charge in [0.05, 0.1) is 34.4 Å². The van der Waals surface area contributed by atoms with Gasteiger partial charge in [-0.25, -0.2) is 0 Å². The normalized spacial score (nSPS) is 48.5. The van der Waals surface area contributed by atoms with Crippen molar-refractivity contribution in [3.05, 3.63) is 0 Å². The molecule has 4 aliphatic heterocycles. The van der Waals surface area contributed by atoms with Gasteiger partial charge in [0.2, 0.25) is 0 Å². The SMILES string of the molecule is C[C@@]12CCC3(SCCCS3)[C@@H](O1)[C@H]1CC3(CC[C@]12C=O)OCCO3. The summed E-state index contributed by atoms with van der Waals surface area (Å²) >= 11 is 4.16. The molecule has 0 N–H and O–H groups in total. The molecule has 0 radical (unpaired) electrons. The first-order valence-corrected chi connectivity index (χ1v) is 11.2. The summed E-state index contributed by atoms with van der Waals surface area (Å²) in [5.41, 5.74) is -0.672. The number of rotatable bonds is 1. The number of carbonyl (C=O) groups is 1. The molecule has 0 amide bonds. The lowest BCUT2D eigenvalue weighted by molar-refractivity contribution is -0.206. The van der Waals surface area contributed by atoms with Crippen molar-refractivity contribution in [2.75, 3.05) is 24.7 Å². The molecule has 4 heterocycles. The lowest BCUT2D eigenvalue weighted by atomic mass is 9.58. The van der Waals surface area contributed by atoms with Crippen LogP contribution in [0, 0.1) is 11.3 Å². The van der Waals surface area contributed by atoms with Crippen LogP contribution in [-0.4, -0.2) is 52.6 Å². The molecule has 5 rings (SSSR count). The van der Waals surface area contributed by atoms with Crippen LogP contribution in [-0.2, 0) is 19.0 Å². The monoisotopic (exact) mass is 370 g/mol. The van der Waals surface area contributed by atoms with Crippen LogP contribution in [0.2, 0.25) is 0 Å². The fourth-order valence-corrected chi connectivity index (χ4v) is 9.41. The van der Waals surface area contributed by atoms with Gasteiger partial charge in [-0.1, -0.05) is 0 Å². The molecule has 4 saturated heterocycles. The van der Waals surface area contributed by atoms with E-state index < -0.39 is 5.79 Å². The lowest BCUT2D eigenvalue weighted by Gasteiger charge is -2.47. The minimum Gasteiger partial charge on any atom is -0.368 e. The quantitative estimate of drug-likeness (QED) is 0.661. The van der Waals surface area contributed by atoms with Crippen molar-refractivity contribution in [1.29, 1.82) is 0 Å². The highest BCUT2D eigenvalue weighted by atomic mass is 32.2. The first-order valence-electron chi connectivity index (χ1n) is 9.27. The third-order valence-corrected chi connectivity index (χ3v) is 10.8. The van der Waals surface area contributed by atoms with E-state index in [2.05, 4.69) is 30.4 Å². The van der Waals surface area contributed by atoms with E-state index in [0.717, 1.165) is 32.1 Å². The van der Waals surface area contributed by atoms with Crippen molar-refractivity contribution in [3.8, 4) is 0 Å². The predicted molar refractivity (Wildman–Crippen MR) is 95.2 cm³/mol. The van der Waals surface area contributed by atoms with Gasteiger partial charge in [0.15, 0.2) is 5.79 Å². The molecule has 1 saturated carbocycles. The summed E-state index contributed by atoms with van der Waals surface area (Å²) in [6, 6.07) is 0. The van der Waals surface area contributed by atoms with Crippen LogP contribution in [0.5, 0.6) is 0 Å². The van der Waals surface area contributed by atoms with E-state index >= 15 is 0 Å². The van der Waals surface area contributed by atoms with Crippen molar-refractivity contribution in [1.82, 2.24) is 0 Å². The highest BCUT2D eigenvalue weighted by Gasteiger charge is 2.73. The highest BCUT2D eigenvalue weighted by molar-refractivity contribution is 8.18. The smallest absolute Gasteiger partial charge is 0.168 e. The molecule has 4 atom stereocenters. The number of fused-ring (bicyclic) bond motifs is 6. The average molecular weight is 371 g/mol. The van der Waals surface area contributed by atoms with Crippen molar-refractivity contribution >= 4 is 29.8 Å². The lowest BCUT2D eigenvalue weighted by Crippen LogP contribution is -2.53. The van der Waals surface area contributed by atoms with Gasteiger partial charge in [0.1, 0.15) is 6.29 Å². The molecule has 0 unspecified atom stereocenters. The van der Waals surface area contributed by atoms with Crippen LogP contribution in [0.15, 0.2) is 0 Å². The van der Waals surface area contributed by atoms with E-state index in [0.29, 0.717) is 13.2 Å². The second kappa shape index (κ2) is 5.38. The van der Waals surface area contributed by atoms with Gasteiger partial charge in [-0.3, -0.25) is 0 Å². The molecule has 6 heteroatoms. The Morgan fingerprint density at radius 1 is 1.04 bits per heavy atom. The summed E-state index contributed by atoms with van der Waals surface area (Å²) in [4.78, 5) is 12.4. The minimum atomic E-state index is -0.459. The third kappa shape index (κ3) is 1.98. The number of thioether (sulfide) groups is 2. The van der Waals surface area contributed by atoms with Crippen LogP contribution in [0.4, 0.5) is 0 Å². The molecule has 5 fully saturated rings. The van der Waals surface area contributed by atoms with E-state index in [1.54, 1.807) is 0 Å². The summed E-state index contributed by atoms with van der Waals surface area (Å²) in [5.74, 6) is 2.18. The second-order valence-corrected chi connectivity index (χ2v) is 11.3. The second-order valence-electron chi connectivity index (χ2n) is 8.21. The van der Waals surface area contributed by atoms with Crippen LogP contribution >= 0.6 is 23.5 Å². The molecule has 0 aromatic rings. The van der Waals surface area contributed by atoms with Gasteiger partial charge in [0, 0.05) is 18.8 Å². The maximum atomic E-state index is 12.4. The zero-order valence-electron chi connectivity index (χ0n) is 14.3. The fraction of sp³-hybridized carbons (Fsp3) is 0.944.